The molecule has 3 aromatic heterocycles. The molecular weight excluding hydrogens is 406 g/mol. The Balaban J connectivity index is 1.50. The van der Waals surface area contributed by atoms with Gasteiger partial charge in [-0.15, -0.1) is 21.5 Å². The van der Waals surface area contributed by atoms with Crippen LogP contribution in [0, 0.1) is 6.92 Å². The second kappa shape index (κ2) is 8.79. The molecule has 1 aromatic carbocycles. The lowest BCUT2D eigenvalue weighted by Crippen LogP contribution is -2.26. The fourth-order valence-corrected chi connectivity index (χ4v) is 4.94. The molecule has 9 heteroatoms. The molecule has 4 aromatic rings. The van der Waals surface area contributed by atoms with E-state index in [1.807, 2.05) is 48.1 Å². The number of thioether (sulfide) groups is 1. The minimum atomic E-state index is -0.213. The number of aromatic nitrogens is 4. The van der Waals surface area contributed by atoms with E-state index in [1.165, 1.54) is 0 Å². The van der Waals surface area contributed by atoms with E-state index in [0.29, 0.717) is 30.1 Å². The van der Waals surface area contributed by atoms with Crippen LogP contribution in [0.15, 0.2) is 44.7 Å². The van der Waals surface area contributed by atoms with Gasteiger partial charge in [0.1, 0.15) is 22.1 Å². The van der Waals surface area contributed by atoms with Crippen LogP contribution in [-0.4, -0.2) is 32.2 Å². The number of nitrogens with zero attached hydrogens (tertiary/aromatic N) is 4. The van der Waals surface area contributed by atoms with Gasteiger partial charge in [-0.1, -0.05) is 30.0 Å². The minimum absolute atomic E-state index is 0.213. The van der Waals surface area contributed by atoms with Crippen LogP contribution in [-0.2, 0) is 18.7 Å². The number of fused-ring (bicyclic) bond motifs is 1. The quantitative estimate of drug-likeness (QED) is 0.427. The molecule has 0 aliphatic heterocycles. The van der Waals surface area contributed by atoms with Gasteiger partial charge in [0.25, 0.3) is 5.91 Å². The highest BCUT2D eigenvalue weighted by Crippen LogP contribution is 2.33. The predicted octanol–water partition coefficient (Wildman–Crippen LogP) is 4.07. The largest absolute Gasteiger partial charge is 0.451 e. The van der Waals surface area contributed by atoms with Gasteiger partial charge in [-0.05, 0) is 19.9 Å². The number of hydrogen-bond donors (Lipinski definition) is 1. The predicted molar refractivity (Wildman–Crippen MR) is 114 cm³/mol. The van der Waals surface area contributed by atoms with Crippen LogP contribution in [0.2, 0.25) is 0 Å². The second-order valence-corrected chi connectivity index (χ2v) is 8.57. The molecule has 0 bridgehead atoms. The maximum Gasteiger partial charge on any atom is 0.287 e. The van der Waals surface area contributed by atoms with Gasteiger partial charge in [-0.25, -0.2) is 4.98 Å². The van der Waals surface area contributed by atoms with Crippen molar-refractivity contribution in [2.45, 2.75) is 36.9 Å². The van der Waals surface area contributed by atoms with Crippen LogP contribution in [0.25, 0.3) is 11.0 Å². The van der Waals surface area contributed by atoms with Crippen LogP contribution < -0.4 is 5.32 Å². The van der Waals surface area contributed by atoms with Crippen LogP contribution in [0.4, 0.5) is 0 Å². The molecule has 1 N–H and O–H groups in total. The normalized spacial score (nSPS) is 11.2. The summed E-state index contributed by atoms with van der Waals surface area (Å²) in [5, 5.41) is 14.0. The first-order valence-electron chi connectivity index (χ1n) is 9.36. The Morgan fingerprint density at radius 3 is 3.00 bits per heavy atom. The molecule has 29 heavy (non-hydrogen) atoms. The summed E-state index contributed by atoms with van der Waals surface area (Å²) in [7, 11) is 0. The van der Waals surface area contributed by atoms with Crippen molar-refractivity contribution >= 4 is 40.0 Å². The topological polar surface area (TPSA) is 85.8 Å². The second-order valence-electron chi connectivity index (χ2n) is 6.49. The van der Waals surface area contributed by atoms with E-state index < -0.39 is 0 Å². The zero-order valence-corrected chi connectivity index (χ0v) is 17.8. The lowest BCUT2D eigenvalue weighted by molar-refractivity contribution is 0.0927. The average Bonchev–Trinajstić information content (AvgIpc) is 3.44. The van der Waals surface area contributed by atoms with Gasteiger partial charge in [0.15, 0.2) is 5.76 Å². The van der Waals surface area contributed by atoms with Gasteiger partial charge >= 0.3 is 0 Å². The van der Waals surface area contributed by atoms with Gasteiger partial charge < -0.3 is 14.3 Å². The minimum Gasteiger partial charge on any atom is -0.451 e. The number of para-hydroxylation sites is 1. The van der Waals surface area contributed by atoms with Crippen molar-refractivity contribution in [3.05, 3.63) is 58.8 Å². The number of furan rings is 1. The van der Waals surface area contributed by atoms with Crippen molar-refractivity contribution < 1.29 is 9.21 Å². The van der Waals surface area contributed by atoms with E-state index in [9.17, 15) is 4.79 Å². The molecule has 0 aliphatic rings. The Kier molecular flexibility index (Phi) is 5.96. The molecule has 0 fully saturated rings. The van der Waals surface area contributed by atoms with Gasteiger partial charge in [0.2, 0.25) is 0 Å². The molecule has 0 radical (unpaired) electrons. The van der Waals surface area contributed by atoms with Crippen molar-refractivity contribution in [3.63, 3.8) is 0 Å². The number of benzene rings is 1. The monoisotopic (exact) mass is 427 g/mol. The molecule has 3 heterocycles. The summed E-state index contributed by atoms with van der Waals surface area (Å²) in [5.41, 5.74) is 2.62. The Hall–Kier alpha value is -2.65. The molecule has 150 valence electrons. The molecule has 0 saturated heterocycles. The van der Waals surface area contributed by atoms with Crippen molar-refractivity contribution in [2.24, 2.45) is 0 Å². The highest BCUT2D eigenvalue weighted by atomic mass is 32.2. The van der Waals surface area contributed by atoms with E-state index >= 15 is 0 Å². The first-order valence-corrected chi connectivity index (χ1v) is 11.2. The van der Waals surface area contributed by atoms with Crippen molar-refractivity contribution in [1.82, 2.24) is 25.1 Å². The lowest BCUT2D eigenvalue weighted by Gasteiger charge is -2.06. The highest BCUT2D eigenvalue weighted by molar-refractivity contribution is 8.00. The Labute approximate surface area is 176 Å². The number of nitrogens with one attached hydrogen (secondary N) is 1. The fraction of sp³-hybridized carbons (Fsp3) is 0.300. The van der Waals surface area contributed by atoms with E-state index in [1.54, 1.807) is 29.4 Å². The number of thiazole rings is 1. The van der Waals surface area contributed by atoms with E-state index in [-0.39, 0.29) is 5.91 Å². The first-order chi connectivity index (χ1) is 14.2. The Bertz CT molecular complexity index is 1130. The van der Waals surface area contributed by atoms with Crippen molar-refractivity contribution in [2.75, 3.05) is 6.54 Å². The zero-order chi connectivity index (χ0) is 20.2. The Morgan fingerprint density at radius 1 is 1.34 bits per heavy atom. The van der Waals surface area contributed by atoms with Gasteiger partial charge in [0.05, 0.1) is 0 Å². The number of rotatable bonds is 8. The summed E-state index contributed by atoms with van der Waals surface area (Å²) in [4.78, 5) is 17.4. The summed E-state index contributed by atoms with van der Waals surface area (Å²) in [6.45, 7) is 5.28. The van der Waals surface area contributed by atoms with Crippen LogP contribution in [0.3, 0.4) is 0 Å². The number of aryl methyl sites for hydroxylation is 2. The third kappa shape index (κ3) is 4.35. The zero-order valence-electron chi connectivity index (χ0n) is 16.2. The van der Waals surface area contributed by atoms with Crippen LogP contribution in [0.1, 0.15) is 34.6 Å². The molecule has 1 amide bonds. The standard InChI is InChI=1S/C20H21N5O2S2/c1-3-25-12-22-24-17(25)8-9-21-19(26)18-15(11-29-20-23-13(2)10-28-20)14-6-4-5-7-16(14)27-18/h4-7,10,12H,3,8-9,11H2,1-2H3,(H,21,26). The van der Waals surface area contributed by atoms with Crippen molar-refractivity contribution in [3.8, 4) is 0 Å². The van der Waals surface area contributed by atoms with Crippen LogP contribution >= 0.6 is 23.1 Å². The highest BCUT2D eigenvalue weighted by Gasteiger charge is 2.21. The van der Waals surface area contributed by atoms with Crippen LogP contribution in [0.5, 0.6) is 0 Å². The summed E-state index contributed by atoms with van der Waals surface area (Å²) in [6.07, 6.45) is 2.31. The van der Waals surface area contributed by atoms with Crippen molar-refractivity contribution in [1.29, 1.82) is 0 Å². The Morgan fingerprint density at radius 2 is 2.21 bits per heavy atom. The van der Waals surface area contributed by atoms with E-state index in [4.69, 9.17) is 4.42 Å². The first kappa shape index (κ1) is 19.7. The summed E-state index contributed by atoms with van der Waals surface area (Å²) >= 11 is 3.23. The summed E-state index contributed by atoms with van der Waals surface area (Å²) in [5.74, 6) is 1.63. The SMILES string of the molecule is CCn1cnnc1CCNC(=O)c1oc2ccccc2c1CSc1nc(C)cs1. The lowest BCUT2D eigenvalue weighted by atomic mass is 10.1. The molecule has 7 nitrogen and oxygen atoms in total. The summed E-state index contributed by atoms with van der Waals surface area (Å²) in [6, 6.07) is 7.74. The van der Waals surface area contributed by atoms with Gasteiger partial charge in [-0.3, -0.25) is 4.79 Å². The molecular formula is C20H21N5O2S2. The smallest absolute Gasteiger partial charge is 0.287 e. The maximum absolute atomic E-state index is 12.9. The average molecular weight is 428 g/mol. The molecule has 4 rings (SSSR count). The number of carbonyl (C=O) groups is 1. The number of carbonyl (C=O) groups excluding carboxylic acids is 1. The van der Waals surface area contributed by atoms with E-state index in [2.05, 4.69) is 20.5 Å². The number of amides is 1. The van der Waals surface area contributed by atoms with E-state index in [0.717, 1.165) is 33.4 Å². The fourth-order valence-electron chi connectivity index (χ4n) is 3.06. The maximum atomic E-state index is 12.9. The third-order valence-corrected chi connectivity index (χ3v) is 6.68. The molecule has 0 saturated carbocycles. The third-order valence-electron chi connectivity index (χ3n) is 4.51. The van der Waals surface area contributed by atoms with Gasteiger partial charge in [0, 0.05) is 47.3 Å². The molecule has 0 unspecified atom stereocenters. The molecule has 0 atom stereocenters. The number of hydrogen-bond acceptors (Lipinski definition) is 7. The molecule has 0 aliphatic carbocycles. The molecule has 0 spiro atoms. The summed E-state index contributed by atoms with van der Waals surface area (Å²) < 4.78 is 8.86. The van der Waals surface area contributed by atoms with Gasteiger partial charge in [-0.2, -0.15) is 0 Å².